The molecule has 0 bridgehead atoms. The van der Waals surface area contributed by atoms with Crippen LogP contribution in [-0.4, -0.2) is 81.6 Å². The van der Waals surface area contributed by atoms with Crippen molar-refractivity contribution in [3.63, 3.8) is 0 Å². The molecule has 0 aromatic heterocycles. The van der Waals surface area contributed by atoms with Gasteiger partial charge in [-0.15, -0.1) is 0 Å². The van der Waals surface area contributed by atoms with Crippen LogP contribution in [0.1, 0.15) is 49.2 Å². The molecule has 1 aliphatic heterocycles. The van der Waals surface area contributed by atoms with E-state index in [9.17, 15) is 14.4 Å². The van der Waals surface area contributed by atoms with Crippen molar-refractivity contribution in [2.45, 2.75) is 33.1 Å². The SMILES string of the molecule is CCNC(=O)c1cc(C(C)(C)C)cc(NC(=O)C(=NNC(N)=O)c2ccc(OCCN3CCOCC3)c3ccccc23)c1OC. The number of nitrogens with zero attached hydrogens (tertiary/aromatic N) is 2. The number of nitrogens with one attached hydrogen (secondary N) is 3. The first-order valence-electron chi connectivity index (χ1n) is 14.9. The molecule has 1 aliphatic rings. The maximum absolute atomic E-state index is 14.0. The minimum Gasteiger partial charge on any atom is -0.494 e. The van der Waals surface area contributed by atoms with E-state index < -0.39 is 11.9 Å². The summed E-state index contributed by atoms with van der Waals surface area (Å²) in [6.07, 6.45) is 0. The van der Waals surface area contributed by atoms with Crippen molar-refractivity contribution in [2.75, 3.05) is 58.4 Å². The summed E-state index contributed by atoms with van der Waals surface area (Å²) in [5, 5.41) is 11.2. The minimum atomic E-state index is -0.932. The quantitative estimate of drug-likeness (QED) is 0.189. The molecule has 12 heteroatoms. The molecule has 1 saturated heterocycles. The molecular weight excluding hydrogens is 576 g/mol. The molecular formula is C33H42N6O6. The second-order valence-corrected chi connectivity index (χ2v) is 11.6. The van der Waals surface area contributed by atoms with Crippen LogP contribution in [0.25, 0.3) is 10.8 Å². The number of primary amides is 1. The lowest BCUT2D eigenvalue weighted by molar-refractivity contribution is -0.110. The second kappa shape index (κ2) is 14.9. The van der Waals surface area contributed by atoms with Crippen molar-refractivity contribution in [1.29, 1.82) is 0 Å². The highest BCUT2D eigenvalue weighted by molar-refractivity contribution is 6.50. The number of fused-ring (bicyclic) bond motifs is 1. The van der Waals surface area contributed by atoms with Crippen molar-refractivity contribution >= 4 is 40.0 Å². The number of hydrazone groups is 1. The van der Waals surface area contributed by atoms with Crippen LogP contribution in [0.15, 0.2) is 53.6 Å². The predicted octanol–water partition coefficient (Wildman–Crippen LogP) is 3.62. The summed E-state index contributed by atoms with van der Waals surface area (Å²) in [7, 11) is 1.43. The van der Waals surface area contributed by atoms with E-state index in [0.29, 0.717) is 43.1 Å². The van der Waals surface area contributed by atoms with Gasteiger partial charge in [0.2, 0.25) is 0 Å². The van der Waals surface area contributed by atoms with E-state index in [1.165, 1.54) is 7.11 Å². The average molecular weight is 619 g/mol. The van der Waals surface area contributed by atoms with Crippen molar-refractivity contribution < 1.29 is 28.6 Å². The van der Waals surface area contributed by atoms with Gasteiger partial charge in [-0.2, -0.15) is 5.10 Å². The first kappa shape index (κ1) is 33.2. The lowest BCUT2D eigenvalue weighted by Crippen LogP contribution is -2.38. The highest BCUT2D eigenvalue weighted by atomic mass is 16.5. The zero-order valence-electron chi connectivity index (χ0n) is 26.5. The van der Waals surface area contributed by atoms with Gasteiger partial charge in [0.05, 0.1) is 31.6 Å². The van der Waals surface area contributed by atoms with Crippen LogP contribution in [0.5, 0.6) is 11.5 Å². The van der Waals surface area contributed by atoms with E-state index in [1.54, 1.807) is 24.3 Å². The largest absolute Gasteiger partial charge is 0.494 e. The summed E-state index contributed by atoms with van der Waals surface area (Å²) in [5.41, 5.74) is 8.86. The van der Waals surface area contributed by atoms with E-state index in [2.05, 4.69) is 26.1 Å². The Morgan fingerprint density at radius 2 is 1.73 bits per heavy atom. The zero-order valence-corrected chi connectivity index (χ0v) is 26.5. The maximum atomic E-state index is 14.0. The fraction of sp³-hybridized carbons (Fsp3) is 0.394. The summed E-state index contributed by atoms with van der Waals surface area (Å²) < 4.78 is 17.2. The highest BCUT2D eigenvalue weighted by Crippen LogP contribution is 2.36. The van der Waals surface area contributed by atoms with E-state index >= 15 is 0 Å². The van der Waals surface area contributed by atoms with Crippen LogP contribution >= 0.6 is 0 Å². The Morgan fingerprint density at radius 3 is 2.38 bits per heavy atom. The first-order chi connectivity index (χ1) is 21.5. The number of hydrogen-bond donors (Lipinski definition) is 4. The van der Waals surface area contributed by atoms with Gasteiger partial charge in [0, 0.05) is 37.1 Å². The van der Waals surface area contributed by atoms with E-state index in [4.69, 9.17) is 19.9 Å². The van der Waals surface area contributed by atoms with Crippen LogP contribution < -0.4 is 31.3 Å². The predicted molar refractivity (Wildman–Crippen MR) is 174 cm³/mol. The number of nitrogens with two attached hydrogens (primary N) is 1. The van der Waals surface area contributed by atoms with Crippen LogP contribution in [0.4, 0.5) is 10.5 Å². The fourth-order valence-corrected chi connectivity index (χ4v) is 5.04. The average Bonchev–Trinajstić information content (AvgIpc) is 3.01. The number of ether oxygens (including phenoxy) is 3. The molecule has 3 aromatic rings. The standard InChI is InChI=1S/C33H42N6O6/c1-6-35-30(40)25-19-21(33(2,3)4)20-26(29(25)43-5)36-31(41)28(37-38-32(34)42)24-11-12-27(23-10-8-7-9-22(23)24)45-18-15-39-13-16-44-17-14-39/h7-12,19-20H,6,13-18H2,1-5H3,(H,35,40)(H,36,41)(H3,34,38,42). The third kappa shape index (κ3) is 8.28. The monoisotopic (exact) mass is 618 g/mol. The molecule has 0 saturated carbocycles. The molecule has 0 spiro atoms. The molecule has 0 unspecified atom stereocenters. The molecule has 3 aromatic carbocycles. The van der Waals surface area contributed by atoms with Gasteiger partial charge in [-0.05, 0) is 47.6 Å². The van der Waals surface area contributed by atoms with Crippen LogP contribution in [0, 0.1) is 0 Å². The van der Waals surface area contributed by atoms with Gasteiger partial charge >= 0.3 is 6.03 Å². The van der Waals surface area contributed by atoms with Crippen molar-refractivity contribution in [2.24, 2.45) is 10.8 Å². The van der Waals surface area contributed by atoms with Gasteiger partial charge in [0.1, 0.15) is 12.4 Å². The molecule has 12 nitrogen and oxygen atoms in total. The Balaban J connectivity index is 1.72. The van der Waals surface area contributed by atoms with E-state index in [-0.39, 0.29) is 34.0 Å². The number of amides is 4. The van der Waals surface area contributed by atoms with Crippen LogP contribution in [0.2, 0.25) is 0 Å². The van der Waals surface area contributed by atoms with Gasteiger partial charge < -0.3 is 30.6 Å². The molecule has 0 aliphatic carbocycles. The summed E-state index contributed by atoms with van der Waals surface area (Å²) in [6, 6.07) is 13.6. The number of anilines is 1. The fourth-order valence-electron chi connectivity index (χ4n) is 5.04. The smallest absolute Gasteiger partial charge is 0.332 e. The van der Waals surface area contributed by atoms with Crippen LogP contribution in [-0.2, 0) is 14.9 Å². The van der Waals surface area contributed by atoms with E-state index in [1.807, 2.05) is 52.0 Å². The second-order valence-electron chi connectivity index (χ2n) is 11.6. The molecule has 4 amide bonds. The number of rotatable bonds is 11. The third-order valence-corrected chi connectivity index (χ3v) is 7.39. The number of benzene rings is 3. The van der Waals surface area contributed by atoms with Gasteiger partial charge in [0.25, 0.3) is 11.8 Å². The van der Waals surface area contributed by atoms with Gasteiger partial charge in [-0.1, -0.05) is 45.0 Å². The summed E-state index contributed by atoms with van der Waals surface area (Å²) >= 11 is 0. The van der Waals surface area contributed by atoms with Gasteiger partial charge in [-0.25, -0.2) is 10.2 Å². The molecule has 4 rings (SSSR count). The number of urea groups is 1. The normalized spacial score (nSPS) is 14.1. The zero-order chi connectivity index (χ0) is 32.6. The molecule has 1 heterocycles. The number of hydrogen-bond acceptors (Lipinski definition) is 8. The van der Waals surface area contributed by atoms with E-state index in [0.717, 1.165) is 30.6 Å². The molecule has 0 radical (unpaired) electrons. The number of carbonyl (C=O) groups excluding carboxylic acids is 3. The Hall–Kier alpha value is -4.68. The minimum absolute atomic E-state index is 0.104. The third-order valence-electron chi connectivity index (χ3n) is 7.39. The Kier molecular flexibility index (Phi) is 11.0. The highest BCUT2D eigenvalue weighted by Gasteiger charge is 2.26. The van der Waals surface area contributed by atoms with Crippen molar-refractivity contribution in [1.82, 2.24) is 15.6 Å². The Morgan fingerprint density at radius 1 is 1.02 bits per heavy atom. The molecule has 1 fully saturated rings. The molecule has 0 atom stereocenters. The number of morpholine rings is 1. The summed E-state index contributed by atoms with van der Waals surface area (Å²) in [6.45, 7) is 12.6. The molecule has 240 valence electrons. The summed E-state index contributed by atoms with van der Waals surface area (Å²) in [4.78, 5) is 41.0. The number of methoxy groups -OCH3 is 1. The lowest BCUT2D eigenvalue weighted by atomic mass is 9.85. The number of carbonyl (C=O) groups is 3. The topological polar surface area (TPSA) is 157 Å². The van der Waals surface area contributed by atoms with Gasteiger partial charge in [-0.3, -0.25) is 14.5 Å². The molecule has 5 N–H and O–H groups in total. The van der Waals surface area contributed by atoms with Gasteiger partial charge in [0.15, 0.2) is 11.5 Å². The first-order valence-corrected chi connectivity index (χ1v) is 14.9. The summed E-state index contributed by atoms with van der Waals surface area (Å²) in [5.74, 6) is -0.147. The maximum Gasteiger partial charge on any atom is 0.332 e. The van der Waals surface area contributed by atoms with Crippen molar-refractivity contribution in [3.05, 3.63) is 65.2 Å². The Bertz CT molecular complexity index is 1580. The molecule has 45 heavy (non-hydrogen) atoms. The lowest BCUT2D eigenvalue weighted by Gasteiger charge is -2.26. The van der Waals surface area contributed by atoms with Crippen LogP contribution in [0.3, 0.4) is 0 Å². The van der Waals surface area contributed by atoms with Crippen molar-refractivity contribution in [3.8, 4) is 11.5 Å². The Labute approximate surface area is 263 Å².